The number of pyridine rings is 2. The summed E-state index contributed by atoms with van der Waals surface area (Å²) in [5.41, 5.74) is 5.48. The van der Waals surface area contributed by atoms with Crippen LogP contribution in [-0.2, 0) is 9.53 Å². The first-order valence-electron chi connectivity index (χ1n) is 14.0. The third-order valence-corrected chi connectivity index (χ3v) is 8.75. The molecule has 1 N–H and O–H groups in total. The number of nitrogens with one attached hydrogen (secondary N) is 1. The van der Waals surface area contributed by atoms with E-state index in [4.69, 9.17) is 19.4 Å². The van der Waals surface area contributed by atoms with Gasteiger partial charge in [-0.2, -0.15) is 0 Å². The fraction of sp³-hybridized carbons (Fsp3) is 0.552. The Labute approximate surface area is 223 Å². The van der Waals surface area contributed by atoms with Crippen molar-refractivity contribution in [2.24, 2.45) is 0 Å². The second-order valence-corrected chi connectivity index (χ2v) is 11.2. The summed E-state index contributed by atoms with van der Waals surface area (Å²) in [6, 6.07) is 4.72. The third-order valence-electron chi connectivity index (χ3n) is 8.75. The average molecular weight is 517 g/mol. The molecule has 1 saturated carbocycles. The fourth-order valence-corrected chi connectivity index (χ4v) is 6.41. The number of aromatic nitrogens is 2. The predicted octanol–water partition coefficient (Wildman–Crippen LogP) is 3.57. The Morgan fingerprint density at radius 1 is 1.13 bits per heavy atom. The molecular weight excluding hydrogens is 480 g/mol. The van der Waals surface area contributed by atoms with E-state index < -0.39 is 0 Å². The number of hydrogen-bond donors (Lipinski definition) is 1. The van der Waals surface area contributed by atoms with E-state index in [-0.39, 0.29) is 12.0 Å². The first-order chi connectivity index (χ1) is 18.6. The largest absolute Gasteiger partial charge is 0.482 e. The SMILES string of the molecule is C=CC(=O)N1CCC(N2CC(c3cc4c(c(C5CC5)n3)O[C@H](C)c3c(N5CCOCC5)ccnc3N4)C2)C1. The van der Waals surface area contributed by atoms with E-state index in [0.29, 0.717) is 17.9 Å². The van der Waals surface area contributed by atoms with Gasteiger partial charge in [-0.1, -0.05) is 6.58 Å². The maximum atomic E-state index is 12.0. The number of rotatable bonds is 5. The lowest BCUT2D eigenvalue weighted by molar-refractivity contribution is -0.125. The first-order valence-corrected chi connectivity index (χ1v) is 14.0. The molecule has 6 heterocycles. The number of amides is 1. The number of nitrogens with zero attached hydrogens (tertiary/aromatic N) is 5. The van der Waals surface area contributed by atoms with Crippen LogP contribution in [0.2, 0.25) is 0 Å². The van der Waals surface area contributed by atoms with Gasteiger partial charge in [-0.15, -0.1) is 0 Å². The van der Waals surface area contributed by atoms with Crippen molar-refractivity contribution < 1.29 is 14.3 Å². The van der Waals surface area contributed by atoms with E-state index in [1.54, 1.807) is 0 Å². The summed E-state index contributed by atoms with van der Waals surface area (Å²) in [5.74, 6) is 2.65. The molecule has 0 bridgehead atoms. The van der Waals surface area contributed by atoms with E-state index in [1.807, 2.05) is 11.1 Å². The summed E-state index contributed by atoms with van der Waals surface area (Å²) in [4.78, 5) is 28.8. The maximum Gasteiger partial charge on any atom is 0.246 e. The highest BCUT2D eigenvalue weighted by molar-refractivity contribution is 5.87. The monoisotopic (exact) mass is 516 g/mol. The molecule has 2 aromatic rings. The van der Waals surface area contributed by atoms with Crippen LogP contribution in [0.4, 0.5) is 17.2 Å². The smallest absolute Gasteiger partial charge is 0.246 e. The molecule has 38 heavy (non-hydrogen) atoms. The van der Waals surface area contributed by atoms with Crippen LogP contribution in [-0.4, -0.2) is 84.2 Å². The summed E-state index contributed by atoms with van der Waals surface area (Å²) in [5, 5.41) is 3.67. The Bertz CT molecular complexity index is 1250. The van der Waals surface area contributed by atoms with E-state index in [0.717, 1.165) is 106 Å². The van der Waals surface area contributed by atoms with Crippen molar-refractivity contribution in [2.45, 2.75) is 50.2 Å². The van der Waals surface area contributed by atoms with Crippen molar-refractivity contribution in [1.82, 2.24) is 19.8 Å². The second kappa shape index (κ2) is 9.54. The van der Waals surface area contributed by atoms with Crippen LogP contribution in [0.25, 0.3) is 0 Å². The van der Waals surface area contributed by atoms with Crippen molar-refractivity contribution in [2.75, 3.05) is 62.7 Å². The number of ether oxygens (including phenoxy) is 2. The molecule has 3 saturated heterocycles. The third kappa shape index (κ3) is 4.22. The topological polar surface area (TPSA) is 83.1 Å². The normalized spacial score (nSPS) is 25.5. The van der Waals surface area contributed by atoms with Gasteiger partial charge in [0.1, 0.15) is 11.9 Å². The zero-order valence-electron chi connectivity index (χ0n) is 22.1. The molecule has 4 aliphatic heterocycles. The van der Waals surface area contributed by atoms with Gasteiger partial charge in [-0.3, -0.25) is 14.7 Å². The molecule has 5 aliphatic rings. The molecule has 200 valence electrons. The minimum Gasteiger partial charge on any atom is -0.482 e. The Kier molecular flexibility index (Phi) is 6.00. The highest BCUT2D eigenvalue weighted by atomic mass is 16.5. The molecule has 2 aromatic heterocycles. The van der Waals surface area contributed by atoms with E-state index in [9.17, 15) is 4.79 Å². The highest BCUT2D eigenvalue weighted by Crippen LogP contribution is 2.51. The standard InChI is InChI=1S/C29H36N6O3/c1-3-25(36)34-9-7-21(17-34)35-15-20(16-35)22-14-23-28(27(31-22)19-4-5-19)38-18(2)26-24(6-8-30-29(26)32-23)33-10-12-37-13-11-33/h3,6,8,14,18-21H,1,4-5,7,9-13,15-17H2,2H3,(H,30,32)/t18-,21?/m1/s1. The van der Waals surface area contributed by atoms with Crippen LogP contribution in [0.15, 0.2) is 31.0 Å². The summed E-state index contributed by atoms with van der Waals surface area (Å²) < 4.78 is 12.3. The number of carbonyl (C=O) groups is 1. The van der Waals surface area contributed by atoms with Gasteiger partial charge < -0.3 is 24.6 Å². The summed E-state index contributed by atoms with van der Waals surface area (Å²) in [6.45, 7) is 12.5. The molecular formula is C29H36N6O3. The van der Waals surface area contributed by atoms with Crippen LogP contribution in [0.3, 0.4) is 0 Å². The zero-order valence-corrected chi connectivity index (χ0v) is 22.1. The molecule has 9 heteroatoms. The molecule has 9 nitrogen and oxygen atoms in total. The van der Waals surface area contributed by atoms with Crippen molar-refractivity contribution in [3.05, 3.63) is 47.9 Å². The number of fused-ring (bicyclic) bond motifs is 2. The fourth-order valence-electron chi connectivity index (χ4n) is 6.41. The number of hydrogen-bond acceptors (Lipinski definition) is 8. The van der Waals surface area contributed by atoms with Gasteiger partial charge in [-0.05, 0) is 44.4 Å². The highest BCUT2D eigenvalue weighted by Gasteiger charge is 2.40. The molecule has 4 fully saturated rings. The molecule has 0 aromatic carbocycles. The summed E-state index contributed by atoms with van der Waals surface area (Å²) in [7, 11) is 0. The van der Waals surface area contributed by atoms with Crippen molar-refractivity contribution in [3.8, 4) is 5.75 Å². The van der Waals surface area contributed by atoms with Gasteiger partial charge >= 0.3 is 0 Å². The van der Waals surface area contributed by atoms with Crippen molar-refractivity contribution in [3.63, 3.8) is 0 Å². The van der Waals surface area contributed by atoms with E-state index in [1.165, 1.54) is 11.8 Å². The Hall–Kier alpha value is -3.17. The zero-order chi connectivity index (χ0) is 25.8. The van der Waals surface area contributed by atoms with Crippen molar-refractivity contribution >= 4 is 23.1 Å². The Balaban J connectivity index is 1.15. The van der Waals surface area contributed by atoms with Gasteiger partial charge in [0.25, 0.3) is 0 Å². The Morgan fingerprint density at radius 2 is 1.95 bits per heavy atom. The minimum absolute atomic E-state index is 0.0389. The van der Waals surface area contributed by atoms with Gasteiger partial charge in [0.2, 0.25) is 5.91 Å². The minimum atomic E-state index is -0.141. The van der Waals surface area contributed by atoms with Gasteiger partial charge in [0.05, 0.1) is 30.2 Å². The van der Waals surface area contributed by atoms with Crippen LogP contribution in [0, 0.1) is 0 Å². The van der Waals surface area contributed by atoms with Crippen LogP contribution in [0.1, 0.15) is 61.1 Å². The molecule has 1 amide bonds. The first kappa shape index (κ1) is 23.9. The number of morpholine rings is 1. The van der Waals surface area contributed by atoms with Gasteiger partial charge in [0, 0.05) is 74.7 Å². The second-order valence-electron chi connectivity index (χ2n) is 11.2. The lowest BCUT2D eigenvalue weighted by Crippen LogP contribution is -2.52. The average Bonchev–Trinajstić information content (AvgIpc) is 3.67. The number of anilines is 3. The van der Waals surface area contributed by atoms with Crippen LogP contribution in [0.5, 0.6) is 5.75 Å². The number of carbonyl (C=O) groups excluding carboxylic acids is 1. The summed E-state index contributed by atoms with van der Waals surface area (Å²) >= 11 is 0. The molecule has 7 rings (SSSR count). The summed E-state index contributed by atoms with van der Waals surface area (Å²) in [6.07, 6.45) is 6.53. The predicted molar refractivity (Wildman–Crippen MR) is 145 cm³/mol. The lowest BCUT2D eigenvalue weighted by atomic mass is 9.92. The van der Waals surface area contributed by atoms with Gasteiger partial charge in [-0.25, -0.2) is 4.98 Å². The maximum absolute atomic E-state index is 12.0. The molecule has 1 aliphatic carbocycles. The van der Waals surface area contributed by atoms with Gasteiger partial charge in [0.15, 0.2) is 5.75 Å². The van der Waals surface area contributed by atoms with Crippen molar-refractivity contribution in [1.29, 1.82) is 0 Å². The van der Waals surface area contributed by atoms with Crippen LogP contribution < -0.4 is 15.0 Å². The van der Waals surface area contributed by atoms with Crippen LogP contribution >= 0.6 is 0 Å². The molecule has 0 spiro atoms. The quantitative estimate of drug-likeness (QED) is 0.604. The Morgan fingerprint density at radius 3 is 2.71 bits per heavy atom. The molecule has 1 unspecified atom stereocenters. The number of likely N-dealkylation sites (tertiary alicyclic amines) is 2. The van der Waals surface area contributed by atoms with E-state index in [2.05, 4.69) is 40.8 Å². The molecule has 2 atom stereocenters. The molecule has 0 radical (unpaired) electrons. The lowest BCUT2D eigenvalue weighted by Gasteiger charge is -2.43. The van der Waals surface area contributed by atoms with E-state index >= 15 is 0 Å².